The fourth-order valence-electron chi connectivity index (χ4n) is 2.81. The SMILES string of the molecule is O=c1[nH]ccc(NCC(O)c2ccccc2)c1C1C=CC=CC1. The molecule has 23 heavy (non-hydrogen) atoms. The van der Waals surface area contributed by atoms with E-state index in [4.69, 9.17) is 0 Å². The summed E-state index contributed by atoms with van der Waals surface area (Å²) >= 11 is 0. The van der Waals surface area contributed by atoms with Crippen LogP contribution in [0, 0.1) is 0 Å². The maximum atomic E-state index is 12.2. The number of nitrogens with one attached hydrogen (secondary N) is 2. The molecule has 3 rings (SSSR count). The molecule has 3 N–H and O–H groups in total. The Hall–Kier alpha value is -2.59. The molecule has 1 aliphatic rings. The van der Waals surface area contributed by atoms with Crippen molar-refractivity contribution in [2.45, 2.75) is 18.4 Å². The summed E-state index contributed by atoms with van der Waals surface area (Å²) in [4.78, 5) is 15.0. The Morgan fingerprint density at radius 2 is 2.04 bits per heavy atom. The van der Waals surface area contributed by atoms with Crippen LogP contribution in [0.5, 0.6) is 0 Å². The molecule has 1 heterocycles. The van der Waals surface area contributed by atoms with Crippen molar-refractivity contribution in [3.8, 4) is 0 Å². The minimum atomic E-state index is -0.620. The highest BCUT2D eigenvalue weighted by atomic mass is 16.3. The van der Waals surface area contributed by atoms with E-state index in [1.807, 2.05) is 54.6 Å². The van der Waals surface area contributed by atoms with Crippen LogP contribution < -0.4 is 10.9 Å². The molecule has 4 heteroatoms. The predicted octanol–water partition coefficient (Wildman–Crippen LogP) is 3.12. The van der Waals surface area contributed by atoms with E-state index in [1.165, 1.54) is 0 Å². The van der Waals surface area contributed by atoms with Crippen LogP contribution in [0.3, 0.4) is 0 Å². The van der Waals surface area contributed by atoms with Crippen LogP contribution in [0.1, 0.15) is 29.6 Å². The lowest BCUT2D eigenvalue weighted by molar-refractivity contribution is 0.191. The molecular formula is C19H20N2O2. The second-order valence-electron chi connectivity index (χ2n) is 5.60. The maximum absolute atomic E-state index is 12.2. The fourth-order valence-corrected chi connectivity index (χ4v) is 2.81. The zero-order valence-electron chi connectivity index (χ0n) is 12.8. The van der Waals surface area contributed by atoms with Crippen molar-refractivity contribution in [3.05, 3.63) is 88.4 Å². The molecule has 1 aromatic heterocycles. The summed E-state index contributed by atoms with van der Waals surface area (Å²) in [5.41, 5.74) is 2.25. The molecule has 0 aliphatic heterocycles. The van der Waals surface area contributed by atoms with Gasteiger partial charge in [0, 0.05) is 29.9 Å². The average Bonchev–Trinajstić information content (AvgIpc) is 2.61. The van der Waals surface area contributed by atoms with E-state index in [9.17, 15) is 9.90 Å². The molecule has 1 aromatic carbocycles. The van der Waals surface area contributed by atoms with Gasteiger partial charge in [-0.2, -0.15) is 0 Å². The van der Waals surface area contributed by atoms with Crippen LogP contribution in [0.4, 0.5) is 5.69 Å². The molecule has 2 atom stereocenters. The number of hydrogen-bond donors (Lipinski definition) is 3. The first-order valence-electron chi connectivity index (χ1n) is 7.77. The molecule has 0 saturated heterocycles. The molecular weight excluding hydrogens is 288 g/mol. The standard InChI is InChI=1S/C19H20N2O2/c22-17(14-7-3-1-4-8-14)13-21-16-11-12-20-19(23)18(16)15-9-5-2-6-10-15/h1-9,11-12,15,17,22H,10,13H2,(H2,20,21,23). The van der Waals surface area contributed by atoms with E-state index < -0.39 is 6.10 Å². The first kappa shape index (κ1) is 15.3. The summed E-state index contributed by atoms with van der Waals surface area (Å²) in [6, 6.07) is 11.3. The third-order valence-electron chi connectivity index (χ3n) is 4.02. The molecule has 118 valence electrons. The van der Waals surface area contributed by atoms with Gasteiger partial charge in [-0.05, 0) is 18.1 Å². The summed E-state index contributed by atoms with van der Waals surface area (Å²) in [7, 11) is 0. The average molecular weight is 308 g/mol. The van der Waals surface area contributed by atoms with E-state index in [1.54, 1.807) is 6.20 Å². The van der Waals surface area contributed by atoms with Crippen LogP contribution in [0.15, 0.2) is 71.7 Å². The molecule has 2 aromatic rings. The van der Waals surface area contributed by atoms with E-state index in [-0.39, 0.29) is 11.5 Å². The largest absolute Gasteiger partial charge is 0.387 e. The Kier molecular flexibility index (Phi) is 4.74. The lowest BCUT2D eigenvalue weighted by Gasteiger charge is -2.19. The first-order chi connectivity index (χ1) is 11.3. The Morgan fingerprint density at radius 3 is 2.78 bits per heavy atom. The van der Waals surface area contributed by atoms with Gasteiger partial charge in [0.25, 0.3) is 5.56 Å². The van der Waals surface area contributed by atoms with Gasteiger partial charge in [0.2, 0.25) is 0 Å². The molecule has 0 fully saturated rings. The number of hydrogen-bond acceptors (Lipinski definition) is 3. The smallest absolute Gasteiger partial charge is 0.253 e. The van der Waals surface area contributed by atoms with Crippen LogP contribution in [0.25, 0.3) is 0 Å². The van der Waals surface area contributed by atoms with Crippen molar-refractivity contribution in [3.63, 3.8) is 0 Å². The number of H-pyrrole nitrogens is 1. The number of rotatable bonds is 5. The van der Waals surface area contributed by atoms with Crippen molar-refractivity contribution < 1.29 is 5.11 Å². The summed E-state index contributed by atoms with van der Waals surface area (Å²) in [6.45, 7) is 0.354. The second kappa shape index (κ2) is 7.11. The number of pyridine rings is 1. The van der Waals surface area contributed by atoms with Gasteiger partial charge >= 0.3 is 0 Å². The third-order valence-corrected chi connectivity index (χ3v) is 4.02. The summed E-state index contributed by atoms with van der Waals surface area (Å²) in [6.07, 6.45) is 9.85. The van der Waals surface area contributed by atoms with E-state index in [0.717, 1.165) is 17.7 Å². The Bertz CT molecular complexity index is 762. The zero-order valence-corrected chi connectivity index (χ0v) is 12.8. The summed E-state index contributed by atoms with van der Waals surface area (Å²) in [5, 5.41) is 13.5. The maximum Gasteiger partial charge on any atom is 0.253 e. The zero-order chi connectivity index (χ0) is 16.1. The number of aromatic amines is 1. The molecule has 0 amide bonds. The molecule has 0 saturated carbocycles. The number of aliphatic hydroxyl groups is 1. The third kappa shape index (κ3) is 3.60. The molecule has 0 radical (unpaired) electrons. The Labute approximate surface area is 135 Å². The topological polar surface area (TPSA) is 65.1 Å². The number of benzene rings is 1. The minimum absolute atomic E-state index is 0.0568. The molecule has 0 bridgehead atoms. The van der Waals surface area contributed by atoms with Crippen molar-refractivity contribution in [1.29, 1.82) is 0 Å². The normalized spacial score (nSPS) is 17.9. The number of anilines is 1. The van der Waals surface area contributed by atoms with Gasteiger partial charge in [0.15, 0.2) is 0 Å². The summed E-state index contributed by atoms with van der Waals surface area (Å²) in [5.74, 6) is 0.0568. The number of aromatic nitrogens is 1. The Morgan fingerprint density at radius 1 is 1.22 bits per heavy atom. The van der Waals surface area contributed by atoms with E-state index in [2.05, 4.69) is 16.4 Å². The highest BCUT2D eigenvalue weighted by Gasteiger charge is 2.17. The van der Waals surface area contributed by atoms with Gasteiger partial charge in [-0.3, -0.25) is 4.79 Å². The minimum Gasteiger partial charge on any atom is -0.387 e. The van der Waals surface area contributed by atoms with Gasteiger partial charge < -0.3 is 15.4 Å². The van der Waals surface area contributed by atoms with Crippen LogP contribution >= 0.6 is 0 Å². The second-order valence-corrected chi connectivity index (χ2v) is 5.60. The quantitative estimate of drug-likeness (QED) is 0.795. The van der Waals surface area contributed by atoms with Gasteiger partial charge in [0.1, 0.15) is 0 Å². The molecule has 4 nitrogen and oxygen atoms in total. The molecule has 0 spiro atoms. The number of aliphatic hydroxyl groups excluding tert-OH is 1. The lowest BCUT2D eigenvalue weighted by atomic mass is 9.92. The summed E-state index contributed by atoms with van der Waals surface area (Å²) < 4.78 is 0. The first-order valence-corrected chi connectivity index (χ1v) is 7.77. The lowest BCUT2D eigenvalue weighted by Crippen LogP contribution is -2.21. The fraction of sp³-hybridized carbons (Fsp3) is 0.211. The van der Waals surface area contributed by atoms with Gasteiger partial charge in [0.05, 0.1) is 6.10 Å². The van der Waals surface area contributed by atoms with Crippen LogP contribution in [-0.4, -0.2) is 16.6 Å². The van der Waals surface area contributed by atoms with Gasteiger partial charge in [-0.15, -0.1) is 0 Å². The van der Waals surface area contributed by atoms with Crippen molar-refractivity contribution >= 4 is 5.69 Å². The van der Waals surface area contributed by atoms with Crippen LogP contribution in [0.2, 0.25) is 0 Å². The van der Waals surface area contributed by atoms with Crippen molar-refractivity contribution in [1.82, 2.24) is 4.98 Å². The Balaban J connectivity index is 1.78. The van der Waals surface area contributed by atoms with E-state index in [0.29, 0.717) is 12.1 Å². The van der Waals surface area contributed by atoms with Crippen molar-refractivity contribution in [2.24, 2.45) is 0 Å². The highest BCUT2D eigenvalue weighted by molar-refractivity contribution is 5.53. The van der Waals surface area contributed by atoms with Gasteiger partial charge in [-0.25, -0.2) is 0 Å². The monoisotopic (exact) mass is 308 g/mol. The highest BCUT2D eigenvalue weighted by Crippen LogP contribution is 2.27. The van der Waals surface area contributed by atoms with Crippen molar-refractivity contribution in [2.75, 3.05) is 11.9 Å². The molecule has 1 aliphatic carbocycles. The predicted molar refractivity (Wildman–Crippen MR) is 92.6 cm³/mol. The van der Waals surface area contributed by atoms with Gasteiger partial charge in [-0.1, -0.05) is 54.6 Å². The molecule has 2 unspecified atom stereocenters. The van der Waals surface area contributed by atoms with E-state index >= 15 is 0 Å². The number of allylic oxidation sites excluding steroid dienone is 4. The van der Waals surface area contributed by atoms with Crippen LogP contribution in [-0.2, 0) is 0 Å².